The molecule has 2 aliphatic rings. The summed E-state index contributed by atoms with van der Waals surface area (Å²) >= 11 is 0. The first-order valence-corrected chi connectivity index (χ1v) is 7.55. The van der Waals surface area contributed by atoms with Crippen molar-refractivity contribution in [1.29, 1.82) is 0 Å². The molecule has 0 N–H and O–H groups in total. The minimum Gasteiger partial charge on any atom is -0.344 e. The van der Waals surface area contributed by atoms with Gasteiger partial charge in [0.1, 0.15) is 6.04 Å². The maximum atomic E-state index is 12.6. The van der Waals surface area contributed by atoms with Gasteiger partial charge in [-0.25, -0.2) is 0 Å². The fourth-order valence-electron chi connectivity index (χ4n) is 3.12. The molecule has 0 aromatic rings. The van der Waals surface area contributed by atoms with Gasteiger partial charge in [-0.1, -0.05) is 20.3 Å². The molecule has 4 nitrogen and oxygen atoms in total. The molecule has 0 spiro atoms. The zero-order chi connectivity index (χ0) is 14.0. The average molecular weight is 266 g/mol. The number of carbonyl (C=O) groups is 2. The molecule has 2 rings (SSSR count). The number of carbonyl (C=O) groups excluding carboxylic acids is 2. The molecular formula is C15H26N2O2. The maximum absolute atomic E-state index is 12.6. The van der Waals surface area contributed by atoms with E-state index in [1.165, 1.54) is 19.3 Å². The lowest BCUT2D eigenvalue weighted by Gasteiger charge is -2.36. The third-order valence-electron chi connectivity index (χ3n) is 4.46. The monoisotopic (exact) mass is 266 g/mol. The molecule has 1 saturated heterocycles. The van der Waals surface area contributed by atoms with Crippen LogP contribution in [0.5, 0.6) is 0 Å². The van der Waals surface area contributed by atoms with Gasteiger partial charge in [-0.2, -0.15) is 0 Å². The maximum Gasteiger partial charge on any atom is 0.245 e. The Morgan fingerprint density at radius 2 is 2.05 bits per heavy atom. The van der Waals surface area contributed by atoms with Crippen molar-refractivity contribution in [3.05, 3.63) is 0 Å². The van der Waals surface area contributed by atoms with Crippen molar-refractivity contribution in [2.45, 2.75) is 52.0 Å². The first-order valence-electron chi connectivity index (χ1n) is 7.55. The van der Waals surface area contributed by atoms with Crippen molar-refractivity contribution in [3.63, 3.8) is 0 Å². The summed E-state index contributed by atoms with van der Waals surface area (Å²) in [6, 6.07) is -0.264. The molecule has 19 heavy (non-hydrogen) atoms. The Kier molecular flexibility index (Phi) is 4.48. The molecule has 1 heterocycles. The summed E-state index contributed by atoms with van der Waals surface area (Å²) in [5.41, 5.74) is 0. The van der Waals surface area contributed by atoms with E-state index >= 15 is 0 Å². The zero-order valence-electron chi connectivity index (χ0n) is 12.4. The normalized spacial score (nSPS) is 21.7. The summed E-state index contributed by atoms with van der Waals surface area (Å²) in [5.74, 6) is 1.12. The van der Waals surface area contributed by atoms with E-state index < -0.39 is 0 Å². The molecule has 108 valence electrons. The molecule has 2 fully saturated rings. The summed E-state index contributed by atoms with van der Waals surface area (Å²) < 4.78 is 0. The van der Waals surface area contributed by atoms with Gasteiger partial charge in [0, 0.05) is 26.6 Å². The third-order valence-corrected chi connectivity index (χ3v) is 4.46. The first kappa shape index (κ1) is 14.4. The topological polar surface area (TPSA) is 40.6 Å². The van der Waals surface area contributed by atoms with Crippen LogP contribution in [0.4, 0.5) is 0 Å². The Morgan fingerprint density at radius 3 is 2.47 bits per heavy atom. The van der Waals surface area contributed by atoms with E-state index in [9.17, 15) is 9.59 Å². The summed E-state index contributed by atoms with van der Waals surface area (Å²) in [6.45, 7) is 5.66. The number of likely N-dealkylation sites (tertiary alicyclic amines) is 1. The van der Waals surface area contributed by atoms with Crippen LogP contribution in [0.3, 0.4) is 0 Å². The van der Waals surface area contributed by atoms with Crippen LogP contribution in [0.1, 0.15) is 46.0 Å². The molecule has 1 unspecified atom stereocenters. The van der Waals surface area contributed by atoms with Gasteiger partial charge in [-0.3, -0.25) is 9.59 Å². The zero-order valence-corrected chi connectivity index (χ0v) is 12.4. The van der Waals surface area contributed by atoms with Crippen LogP contribution in [0.25, 0.3) is 0 Å². The minimum atomic E-state index is -0.264. The van der Waals surface area contributed by atoms with E-state index in [0.29, 0.717) is 12.3 Å². The molecular weight excluding hydrogens is 240 g/mol. The quantitative estimate of drug-likeness (QED) is 0.762. The third kappa shape index (κ3) is 3.10. The largest absolute Gasteiger partial charge is 0.344 e. The van der Waals surface area contributed by atoms with Gasteiger partial charge in [0.25, 0.3) is 0 Å². The standard InChI is InChI=1S/C15H26N2O2/c1-11(2)14(17-9-5-8-13(17)18)15(19)16(3)10-12-6-4-7-12/h11-12,14H,4-10H2,1-3H3. The van der Waals surface area contributed by atoms with Gasteiger partial charge < -0.3 is 9.80 Å². The van der Waals surface area contributed by atoms with E-state index in [2.05, 4.69) is 0 Å². The molecule has 4 heteroatoms. The number of hydrogen-bond donors (Lipinski definition) is 0. The van der Waals surface area contributed by atoms with E-state index in [4.69, 9.17) is 0 Å². The fraction of sp³-hybridized carbons (Fsp3) is 0.867. The molecule has 1 aliphatic carbocycles. The molecule has 0 bridgehead atoms. The van der Waals surface area contributed by atoms with Gasteiger partial charge >= 0.3 is 0 Å². The Morgan fingerprint density at radius 1 is 1.37 bits per heavy atom. The van der Waals surface area contributed by atoms with E-state index in [0.717, 1.165) is 19.5 Å². The van der Waals surface area contributed by atoms with Crippen molar-refractivity contribution in [2.24, 2.45) is 11.8 Å². The number of likely N-dealkylation sites (N-methyl/N-ethyl adjacent to an activating group) is 1. The first-order chi connectivity index (χ1) is 9.00. The Bertz CT molecular complexity index is 350. The lowest BCUT2D eigenvalue weighted by atomic mass is 9.85. The predicted molar refractivity (Wildman–Crippen MR) is 74.6 cm³/mol. The van der Waals surface area contributed by atoms with Crippen molar-refractivity contribution >= 4 is 11.8 Å². The number of rotatable bonds is 5. The van der Waals surface area contributed by atoms with E-state index in [1.54, 1.807) is 4.90 Å². The van der Waals surface area contributed by atoms with E-state index in [-0.39, 0.29) is 23.8 Å². The molecule has 0 aromatic carbocycles. The predicted octanol–water partition coefficient (Wildman–Crippen LogP) is 1.89. The Labute approximate surface area is 116 Å². The average Bonchev–Trinajstić information content (AvgIpc) is 2.69. The summed E-state index contributed by atoms with van der Waals surface area (Å²) in [4.78, 5) is 28.2. The second kappa shape index (κ2) is 5.93. The molecule has 1 atom stereocenters. The van der Waals surface area contributed by atoms with Crippen LogP contribution in [0, 0.1) is 11.8 Å². The van der Waals surface area contributed by atoms with Crippen molar-refractivity contribution < 1.29 is 9.59 Å². The second-order valence-corrected chi connectivity index (χ2v) is 6.40. The summed E-state index contributed by atoms with van der Waals surface area (Å²) in [5, 5.41) is 0. The molecule has 1 saturated carbocycles. The SMILES string of the molecule is CC(C)C(C(=O)N(C)CC1CCC1)N1CCCC1=O. The lowest BCUT2D eigenvalue weighted by Crippen LogP contribution is -2.51. The van der Waals surface area contributed by atoms with Gasteiger partial charge in [-0.15, -0.1) is 0 Å². The van der Waals surface area contributed by atoms with Gasteiger partial charge in [0.2, 0.25) is 11.8 Å². The van der Waals surface area contributed by atoms with Crippen LogP contribution in [0.15, 0.2) is 0 Å². The van der Waals surface area contributed by atoms with Crippen molar-refractivity contribution in [1.82, 2.24) is 9.80 Å². The minimum absolute atomic E-state index is 0.122. The highest BCUT2D eigenvalue weighted by atomic mass is 16.2. The lowest BCUT2D eigenvalue weighted by molar-refractivity contribution is -0.145. The van der Waals surface area contributed by atoms with Crippen molar-refractivity contribution in [3.8, 4) is 0 Å². The fourth-order valence-corrected chi connectivity index (χ4v) is 3.12. The Balaban J connectivity index is 2.00. The van der Waals surface area contributed by atoms with Crippen LogP contribution >= 0.6 is 0 Å². The van der Waals surface area contributed by atoms with Gasteiger partial charge in [-0.05, 0) is 31.1 Å². The molecule has 0 radical (unpaired) electrons. The van der Waals surface area contributed by atoms with Crippen LogP contribution < -0.4 is 0 Å². The summed E-state index contributed by atoms with van der Waals surface area (Å²) in [6.07, 6.45) is 5.27. The van der Waals surface area contributed by atoms with E-state index in [1.807, 2.05) is 25.8 Å². The van der Waals surface area contributed by atoms with Crippen LogP contribution in [0.2, 0.25) is 0 Å². The smallest absolute Gasteiger partial charge is 0.245 e. The van der Waals surface area contributed by atoms with Crippen LogP contribution in [-0.4, -0.2) is 47.8 Å². The van der Waals surface area contributed by atoms with Gasteiger partial charge in [0.15, 0.2) is 0 Å². The molecule has 0 aromatic heterocycles. The number of nitrogens with zero attached hydrogens (tertiary/aromatic N) is 2. The summed E-state index contributed by atoms with van der Waals surface area (Å²) in [7, 11) is 1.89. The molecule has 1 aliphatic heterocycles. The Hall–Kier alpha value is -1.06. The van der Waals surface area contributed by atoms with Crippen molar-refractivity contribution in [2.75, 3.05) is 20.1 Å². The highest BCUT2D eigenvalue weighted by Crippen LogP contribution is 2.28. The number of hydrogen-bond acceptors (Lipinski definition) is 2. The second-order valence-electron chi connectivity index (χ2n) is 6.40. The highest BCUT2D eigenvalue weighted by molar-refractivity contribution is 5.88. The number of amides is 2. The molecule has 2 amide bonds. The highest BCUT2D eigenvalue weighted by Gasteiger charge is 2.37. The van der Waals surface area contributed by atoms with Crippen LogP contribution in [-0.2, 0) is 9.59 Å². The van der Waals surface area contributed by atoms with Gasteiger partial charge in [0.05, 0.1) is 0 Å².